The zero-order valence-corrected chi connectivity index (χ0v) is 16.3. The van der Waals surface area contributed by atoms with E-state index in [2.05, 4.69) is 15.1 Å². The average Bonchev–Trinajstić information content (AvgIpc) is 2.97. The molecule has 0 unspecified atom stereocenters. The first-order valence-corrected chi connectivity index (χ1v) is 9.80. The molecule has 0 aliphatic carbocycles. The molecule has 0 aromatic carbocycles. The van der Waals surface area contributed by atoms with E-state index < -0.39 is 10.0 Å². The summed E-state index contributed by atoms with van der Waals surface area (Å²) < 4.78 is 31.9. The predicted octanol–water partition coefficient (Wildman–Crippen LogP) is 0.616. The van der Waals surface area contributed by atoms with Crippen LogP contribution in [0.3, 0.4) is 0 Å². The molecule has 138 valence electrons. The Labute approximate surface area is 149 Å². The van der Waals surface area contributed by atoms with Crippen molar-refractivity contribution in [1.82, 2.24) is 28.8 Å². The van der Waals surface area contributed by atoms with Crippen LogP contribution in [-0.4, -0.2) is 64.4 Å². The summed E-state index contributed by atoms with van der Waals surface area (Å²) in [5.41, 5.74) is 2.13. The number of fused-ring (bicyclic) bond motifs is 1. The van der Waals surface area contributed by atoms with E-state index in [1.165, 1.54) is 0 Å². The van der Waals surface area contributed by atoms with Crippen molar-refractivity contribution in [2.45, 2.75) is 31.8 Å². The Balaban J connectivity index is 2.02. The Morgan fingerprint density at radius 1 is 1.28 bits per heavy atom. The van der Waals surface area contributed by atoms with E-state index >= 15 is 0 Å². The number of aromatic nitrogens is 4. The van der Waals surface area contributed by atoms with Crippen LogP contribution in [0.5, 0.6) is 0 Å². The summed E-state index contributed by atoms with van der Waals surface area (Å²) in [5, 5.41) is 8.64. The third kappa shape index (κ3) is 3.36. The Morgan fingerprint density at radius 3 is 2.60 bits per heavy atom. The quantitative estimate of drug-likeness (QED) is 0.793. The van der Waals surface area contributed by atoms with Gasteiger partial charge in [-0.3, -0.25) is 9.36 Å². The van der Waals surface area contributed by atoms with Crippen molar-refractivity contribution in [2.75, 3.05) is 27.2 Å². The smallest absolute Gasteiger partial charge is 0.247 e. The summed E-state index contributed by atoms with van der Waals surface area (Å²) in [5.74, 6) is 0.170. The van der Waals surface area contributed by atoms with Gasteiger partial charge in [-0.25, -0.2) is 8.42 Å². The van der Waals surface area contributed by atoms with Crippen molar-refractivity contribution in [3.8, 4) is 0 Å². The Bertz CT molecular complexity index is 867. The number of sulfonamides is 1. The van der Waals surface area contributed by atoms with Gasteiger partial charge in [-0.1, -0.05) is 0 Å². The molecule has 2 aromatic heterocycles. The maximum atomic E-state index is 13.4. The Hall–Kier alpha value is -1.71. The van der Waals surface area contributed by atoms with Crippen LogP contribution in [0.25, 0.3) is 0 Å². The van der Waals surface area contributed by atoms with Gasteiger partial charge in [0.25, 0.3) is 0 Å². The van der Waals surface area contributed by atoms with Crippen molar-refractivity contribution < 1.29 is 8.42 Å². The largest absolute Gasteiger partial charge is 0.309 e. The maximum absolute atomic E-state index is 13.4. The van der Waals surface area contributed by atoms with Crippen molar-refractivity contribution in [2.24, 2.45) is 13.0 Å². The van der Waals surface area contributed by atoms with E-state index in [0.29, 0.717) is 29.4 Å². The summed E-state index contributed by atoms with van der Waals surface area (Å²) in [4.78, 5) is 2.41. The summed E-state index contributed by atoms with van der Waals surface area (Å²) in [6.07, 6.45) is 1.73. The van der Waals surface area contributed by atoms with Crippen LogP contribution in [-0.2, 0) is 30.2 Å². The van der Waals surface area contributed by atoms with Gasteiger partial charge in [0, 0.05) is 38.8 Å². The van der Waals surface area contributed by atoms with E-state index in [1.54, 1.807) is 36.1 Å². The molecule has 1 atom stereocenters. The molecule has 3 rings (SSSR count). The maximum Gasteiger partial charge on any atom is 0.247 e. The molecule has 3 heterocycles. The normalized spacial score (nSPS) is 19.2. The van der Waals surface area contributed by atoms with Gasteiger partial charge in [-0.2, -0.15) is 14.5 Å². The molecule has 0 saturated heterocycles. The molecule has 1 aliphatic heterocycles. The summed E-state index contributed by atoms with van der Waals surface area (Å²) in [6, 6.07) is 1.89. The molecular weight excluding hydrogens is 340 g/mol. The van der Waals surface area contributed by atoms with E-state index in [0.717, 1.165) is 18.8 Å². The Kier molecular flexibility index (Phi) is 4.74. The highest BCUT2D eigenvalue weighted by Gasteiger charge is 2.34. The van der Waals surface area contributed by atoms with E-state index in [4.69, 9.17) is 0 Å². The van der Waals surface area contributed by atoms with Gasteiger partial charge in [0.15, 0.2) is 0 Å². The highest BCUT2D eigenvalue weighted by Crippen LogP contribution is 2.27. The van der Waals surface area contributed by atoms with E-state index in [9.17, 15) is 8.42 Å². The lowest BCUT2D eigenvalue weighted by Crippen LogP contribution is -2.37. The molecule has 0 amide bonds. The van der Waals surface area contributed by atoms with Gasteiger partial charge in [0.1, 0.15) is 4.90 Å². The van der Waals surface area contributed by atoms with Gasteiger partial charge in [-0.05, 0) is 34.0 Å². The Morgan fingerprint density at radius 2 is 2.00 bits per heavy atom. The molecule has 0 bridgehead atoms. The van der Waals surface area contributed by atoms with Crippen LogP contribution in [0, 0.1) is 19.8 Å². The molecule has 8 nitrogen and oxygen atoms in total. The van der Waals surface area contributed by atoms with Crippen molar-refractivity contribution >= 4 is 10.0 Å². The van der Waals surface area contributed by atoms with Crippen LogP contribution >= 0.6 is 0 Å². The van der Waals surface area contributed by atoms with E-state index in [-0.39, 0.29) is 5.92 Å². The topological polar surface area (TPSA) is 76.3 Å². The number of rotatable bonds is 4. The molecule has 9 heteroatoms. The zero-order chi connectivity index (χ0) is 18.4. The molecule has 25 heavy (non-hydrogen) atoms. The fourth-order valence-corrected chi connectivity index (χ4v) is 5.45. The van der Waals surface area contributed by atoms with Crippen molar-refractivity contribution in [1.29, 1.82) is 0 Å². The van der Waals surface area contributed by atoms with Crippen LogP contribution in [0.2, 0.25) is 0 Å². The minimum absolute atomic E-state index is 0.170. The summed E-state index contributed by atoms with van der Waals surface area (Å²) >= 11 is 0. The second-order valence-electron chi connectivity index (χ2n) is 7.05. The molecule has 0 N–H and O–H groups in total. The van der Waals surface area contributed by atoms with Gasteiger partial charge in [0.05, 0.1) is 23.6 Å². The molecular formula is C16H26N6O2S. The first-order valence-electron chi connectivity index (χ1n) is 8.36. The number of nitrogens with zero attached hydrogens (tertiary/aromatic N) is 6. The second-order valence-corrected chi connectivity index (χ2v) is 8.93. The molecule has 0 saturated carbocycles. The average molecular weight is 366 g/mol. The molecule has 2 aromatic rings. The molecule has 0 fully saturated rings. The SMILES string of the molecule is Cc1nn(C)c(C)c1S(=O)(=O)N1Cc2ccnn2C[C@@H](CN(C)C)C1. The number of hydrogen-bond acceptors (Lipinski definition) is 5. The number of aryl methyl sites for hydroxylation is 2. The third-order valence-electron chi connectivity index (χ3n) is 4.70. The van der Waals surface area contributed by atoms with Crippen LogP contribution in [0.1, 0.15) is 17.1 Å². The van der Waals surface area contributed by atoms with Crippen molar-refractivity contribution in [3.63, 3.8) is 0 Å². The van der Waals surface area contributed by atoms with Gasteiger partial charge in [0.2, 0.25) is 10.0 Å². The highest BCUT2D eigenvalue weighted by molar-refractivity contribution is 7.89. The minimum atomic E-state index is -3.62. The second kappa shape index (κ2) is 6.54. The monoisotopic (exact) mass is 366 g/mol. The lowest BCUT2D eigenvalue weighted by molar-refractivity contribution is 0.261. The van der Waals surface area contributed by atoms with Crippen molar-refractivity contribution in [3.05, 3.63) is 29.3 Å². The lowest BCUT2D eigenvalue weighted by atomic mass is 10.1. The highest BCUT2D eigenvalue weighted by atomic mass is 32.2. The predicted molar refractivity (Wildman–Crippen MR) is 94.5 cm³/mol. The third-order valence-corrected chi connectivity index (χ3v) is 6.76. The van der Waals surface area contributed by atoms with E-state index in [1.807, 2.05) is 24.8 Å². The molecule has 1 aliphatic rings. The van der Waals surface area contributed by atoms with Gasteiger partial charge < -0.3 is 4.90 Å². The standard InChI is InChI=1S/C16H26N6O2S/c1-12-16(13(2)20(5)18-12)25(23,24)21-9-14(8-19(3)4)10-22-15(11-21)6-7-17-22/h6-7,14H,8-11H2,1-5H3/t14-/m0/s1. The minimum Gasteiger partial charge on any atom is -0.309 e. The number of hydrogen-bond donors (Lipinski definition) is 0. The molecule has 0 spiro atoms. The van der Waals surface area contributed by atoms with Crippen LogP contribution in [0.4, 0.5) is 0 Å². The van der Waals surface area contributed by atoms with Crippen LogP contribution < -0.4 is 0 Å². The fourth-order valence-electron chi connectivity index (χ4n) is 3.57. The fraction of sp³-hybridized carbons (Fsp3) is 0.625. The zero-order valence-electron chi connectivity index (χ0n) is 15.5. The first-order chi connectivity index (χ1) is 11.7. The lowest BCUT2D eigenvalue weighted by Gasteiger charge is -2.25. The molecule has 0 radical (unpaired) electrons. The summed E-state index contributed by atoms with van der Waals surface area (Å²) in [6.45, 7) is 5.87. The van der Waals surface area contributed by atoms with Crippen LogP contribution in [0.15, 0.2) is 17.2 Å². The van der Waals surface area contributed by atoms with Gasteiger partial charge in [-0.15, -0.1) is 0 Å². The van der Waals surface area contributed by atoms with Gasteiger partial charge >= 0.3 is 0 Å². The first kappa shape index (κ1) is 18.1. The summed E-state index contributed by atoms with van der Waals surface area (Å²) in [7, 11) is 2.15.